The van der Waals surface area contributed by atoms with Crippen molar-refractivity contribution in [2.24, 2.45) is 0 Å². The molecular formula is C23H30IN3O7. The topological polar surface area (TPSA) is 123 Å². The first kappa shape index (κ1) is 26.5. The Labute approximate surface area is 212 Å². The molecule has 11 heteroatoms. The summed E-state index contributed by atoms with van der Waals surface area (Å²) in [6.45, 7) is 3.95. The summed E-state index contributed by atoms with van der Waals surface area (Å²) >= 11 is 2.32. The Kier molecular flexibility index (Phi) is 10.7. The second-order valence-electron chi connectivity index (χ2n) is 7.84. The molecule has 0 spiro atoms. The molecule has 1 aromatic carbocycles. The van der Waals surface area contributed by atoms with Crippen molar-refractivity contribution >= 4 is 51.9 Å². The van der Waals surface area contributed by atoms with Crippen LogP contribution in [0.5, 0.6) is 0 Å². The number of fused-ring (bicyclic) bond motifs is 1. The first-order valence-electron chi connectivity index (χ1n) is 11.4. The van der Waals surface area contributed by atoms with Crippen LogP contribution in [0, 0.1) is 0 Å². The van der Waals surface area contributed by atoms with Crippen molar-refractivity contribution in [3.05, 3.63) is 29.3 Å². The Bertz CT molecular complexity index is 895. The zero-order chi connectivity index (χ0) is 24.3. The average molecular weight is 587 g/mol. The number of nitrogens with zero attached hydrogens (tertiary/aromatic N) is 1. The highest BCUT2D eigenvalue weighted by Crippen LogP contribution is 2.32. The Morgan fingerprint density at radius 3 is 2.29 bits per heavy atom. The first-order chi connectivity index (χ1) is 16.5. The van der Waals surface area contributed by atoms with Gasteiger partial charge in [0.15, 0.2) is 0 Å². The zero-order valence-electron chi connectivity index (χ0n) is 19.0. The third-order valence-electron chi connectivity index (χ3n) is 5.42. The SMILES string of the molecule is O=C1CCC(N2C(=O)c3cccc(NCCCOCCOCCOCCCI)c3C2=O)C(=O)N1. The van der Waals surface area contributed by atoms with E-state index in [0.29, 0.717) is 51.7 Å². The monoisotopic (exact) mass is 587 g/mol. The zero-order valence-corrected chi connectivity index (χ0v) is 21.1. The fourth-order valence-electron chi connectivity index (χ4n) is 3.76. The van der Waals surface area contributed by atoms with Gasteiger partial charge in [0.25, 0.3) is 11.8 Å². The smallest absolute Gasteiger partial charge is 0.264 e. The highest BCUT2D eigenvalue weighted by Gasteiger charge is 2.45. The number of carbonyl (C=O) groups excluding carboxylic acids is 4. The van der Waals surface area contributed by atoms with Crippen LogP contribution in [0.4, 0.5) is 5.69 Å². The number of anilines is 1. The molecular weight excluding hydrogens is 557 g/mol. The molecule has 2 aliphatic rings. The number of ether oxygens (including phenoxy) is 3. The fraction of sp³-hybridized carbons (Fsp3) is 0.565. The molecule has 0 aliphatic carbocycles. The Balaban J connectivity index is 1.39. The van der Waals surface area contributed by atoms with Crippen LogP contribution >= 0.6 is 22.6 Å². The molecule has 2 aliphatic heterocycles. The van der Waals surface area contributed by atoms with Gasteiger partial charge in [-0.2, -0.15) is 0 Å². The van der Waals surface area contributed by atoms with E-state index in [1.54, 1.807) is 18.2 Å². The molecule has 0 saturated carbocycles. The van der Waals surface area contributed by atoms with Crippen molar-refractivity contribution in [1.82, 2.24) is 10.2 Å². The van der Waals surface area contributed by atoms with Gasteiger partial charge in [0.2, 0.25) is 11.8 Å². The molecule has 1 fully saturated rings. The van der Waals surface area contributed by atoms with Gasteiger partial charge in [0.1, 0.15) is 6.04 Å². The number of alkyl halides is 1. The van der Waals surface area contributed by atoms with Crippen molar-refractivity contribution < 1.29 is 33.4 Å². The lowest BCUT2D eigenvalue weighted by Crippen LogP contribution is -2.54. The van der Waals surface area contributed by atoms with E-state index in [0.717, 1.165) is 22.4 Å². The minimum absolute atomic E-state index is 0.0897. The predicted molar refractivity (Wildman–Crippen MR) is 132 cm³/mol. The minimum Gasteiger partial charge on any atom is -0.384 e. The maximum Gasteiger partial charge on any atom is 0.264 e. The van der Waals surface area contributed by atoms with Crippen LogP contribution in [-0.2, 0) is 23.8 Å². The van der Waals surface area contributed by atoms with Crippen LogP contribution in [0.1, 0.15) is 46.4 Å². The van der Waals surface area contributed by atoms with E-state index in [4.69, 9.17) is 14.2 Å². The standard InChI is InChI=1S/C23H30IN3O7/c24-8-2-10-32-12-14-34-15-13-33-11-3-9-25-17-5-1-4-16-20(17)23(31)27(22(16)30)18-6-7-19(28)26-21(18)29/h1,4-5,18,25H,2-3,6-15H2,(H,26,28,29). The van der Waals surface area contributed by atoms with Gasteiger partial charge in [-0.25, -0.2) is 0 Å². The highest BCUT2D eigenvalue weighted by atomic mass is 127. The van der Waals surface area contributed by atoms with E-state index in [2.05, 4.69) is 33.2 Å². The average Bonchev–Trinajstić information content (AvgIpc) is 3.08. The number of hydrogen-bond acceptors (Lipinski definition) is 8. The Morgan fingerprint density at radius 1 is 0.941 bits per heavy atom. The Hall–Kier alpha value is -2.09. The summed E-state index contributed by atoms with van der Waals surface area (Å²) < 4.78 is 17.5. The lowest BCUT2D eigenvalue weighted by Gasteiger charge is -2.27. The highest BCUT2D eigenvalue weighted by molar-refractivity contribution is 14.1. The molecule has 34 heavy (non-hydrogen) atoms. The molecule has 4 amide bonds. The second-order valence-corrected chi connectivity index (χ2v) is 8.91. The molecule has 3 rings (SSSR count). The quantitative estimate of drug-likeness (QED) is 0.138. The maximum atomic E-state index is 13.0. The first-order valence-corrected chi connectivity index (χ1v) is 12.9. The number of rotatable bonds is 15. The normalized spacial score (nSPS) is 17.8. The summed E-state index contributed by atoms with van der Waals surface area (Å²) in [5, 5.41) is 5.39. The fourth-order valence-corrected chi connectivity index (χ4v) is 4.07. The van der Waals surface area contributed by atoms with Gasteiger partial charge in [0.05, 0.1) is 37.6 Å². The van der Waals surface area contributed by atoms with E-state index in [9.17, 15) is 19.2 Å². The van der Waals surface area contributed by atoms with Crippen LogP contribution in [0.25, 0.3) is 0 Å². The van der Waals surface area contributed by atoms with Gasteiger partial charge in [-0.1, -0.05) is 28.7 Å². The number of imide groups is 2. The third-order valence-corrected chi connectivity index (χ3v) is 6.18. The number of hydrogen-bond donors (Lipinski definition) is 2. The van der Waals surface area contributed by atoms with Gasteiger partial charge < -0.3 is 19.5 Å². The molecule has 1 atom stereocenters. The molecule has 2 heterocycles. The summed E-state index contributed by atoms with van der Waals surface area (Å²) in [6, 6.07) is 4.02. The second kappa shape index (κ2) is 13.7. The summed E-state index contributed by atoms with van der Waals surface area (Å²) in [7, 11) is 0. The van der Waals surface area contributed by atoms with Crippen molar-refractivity contribution in [2.45, 2.75) is 31.7 Å². The number of piperidine rings is 1. The minimum atomic E-state index is -0.976. The van der Waals surface area contributed by atoms with E-state index in [1.807, 2.05) is 0 Å². The van der Waals surface area contributed by atoms with E-state index >= 15 is 0 Å². The van der Waals surface area contributed by atoms with E-state index in [-0.39, 0.29) is 24.0 Å². The van der Waals surface area contributed by atoms with E-state index < -0.39 is 29.7 Å². The number of nitrogens with one attached hydrogen (secondary N) is 2. The number of benzene rings is 1. The van der Waals surface area contributed by atoms with E-state index in [1.165, 1.54) is 0 Å². The molecule has 2 N–H and O–H groups in total. The van der Waals surface area contributed by atoms with Crippen LogP contribution in [0.3, 0.4) is 0 Å². The molecule has 0 radical (unpaired) electrons. The maximum absolute atomic E-state index is 13.0. The molecule has 0 aromatic heterocycles. The van der Waals surface area contributed by atoms with Gasteiger partial charge in [-0.15, -0.1) is 0 Å². The molecule has 0 bridgehead atoms. The van der Waals surface area contributed by atoms with Gasteiger partial charge in [-0.05, 0) is 31.4 Å². The summed E-state index contributed by atoms with van der Waals surface area (Å²) in [5.41, 5.74) is 1.05. The summed E-state index contributed by atoms with van der Waals surface area (Å²) in [5.74, 6) is -2.06. The predicted octanol–water partition coefficient (Wildman–Crippen LogP) is 1.76. The Morgan fingerprint density at radius 2 is 1.62 bits per heavy atom. The van der Waals surface area contributed by atoms with Gasteiger partial charge in [0, 0.05) is 36.3 Å². The molecule has 1 aromatic rings. The molecule has 186 valence electrons. The van der Waals surface area contributed by atoms with Crippen molar-refractivity contribution in [3.8, 4) is 0 Å². The molecule has 10 nitrogen and oxygen atoms in total. The van der Waals surface area contributed by atoms with Gasteiger partial charge >= 0.3 is 0 Å². The lowest BCUT2D eigenvalue weighted by atomic mass is 10.0. The van der Waals surface area contributed by atoms with Crippen molar-refractivity contribution in [3.63, 3.8) is 0 Å². The third kappa shape index (κ3) is 6.96. The van der Waals surface area contributed by atoms with Crippen LogP contribution < -0.4 is 10.6 Å². The lowest BCUT2D eigenvalue weighted by molar-refractivity contribution is -0.136. The number of amides is 4. The van der Waals surface area contributed by atoms with Crippen molar-refractivity contribution in [2.75, 3.05) is 55.9 Å². The number of halogens is 1. The molecule has 1 saturated heterocycles. The summed E-state index contributed by atoms with van der Waals surface area (Å²) in [6.07, 6.45) is 1.96. The van der Waals surface area contributed by atoms with Crippen LogP contribution in [0.2, 0.25) is 0 Å². The van der Waals surface area contributed by atoms with Crippen LogP contribution in [-0.4, -0.2) is 85.2 Å². The number of carbonyl (C=O) groups is 4. The van der Waals surface area contributed by atoms with Crippen molar-refractivity contribution in [1.29, 1.82) is 0 Å². The van der Waals surface area contributed by atoms with Crippen LogP contribution in [0.15, 0.2) is 18.2 Å². The molecule has 1 unspecified atom stereocenters. The van der Waals surface area contributed by atoms with Gasteiger partial charge in [-0.3, -0.25) is 29.4 Å². The summed E-state index contributed by atoms with van der Waals surface area (Å²) in [4.78, 5) is 50.5. The largest absolute Gasteiger partial charge is 0.384 e.